The Morgan fingerprint density at radius 2 is 2.27 bits per heavy atom. The Balaban J connectivity index is 2.30. The standard InChI is InChI=1S/C9H13NS/c1-3-8-10-9(6(2)11-8)7-4-5-7/h7H,3-5H2,1-2H3. The van der Waals surface area contributed by atoms with Crippen molar-refractivity contribution in [1.29, 1.82) is 0 Å². The van der Waals surface area contributed by atoms with E-state index in [1.165, 1.54) is 28.4 Å². The van der Waals surface area contributed by atoms with Gasteiger partial charge < -0.3 is 0 Å². The van der Waals surface area contributed by atoms with Gasteiger partial charge in [0.1, 0.15) is 0 Å². The van der Waals surface area contributed by atoms with E-state index < -0.39 is 0 Å². The fraction of sp³-hybridized carbons (Fsp3) is 0.667. The molecular formula is C9H13NS. The van der Waals surface area contributed by atoms with Crippen LogP contribution in [-0.2, 0) is 6.42 Å². The topological polar surface area (TPSA) is 12.9 Å². The Morgan fingerprint density at radius 1 is 1.55 bits per heavy atom. The van der Waals surface area contributed by atoms with Gasteiger partial charge in [-0.2, -0.15) is 0 Å². The van der Waals surface area contributed by atoms with Crippen LogP contribution in [0, 0.1) is 6.92 Å². The van der Waals surface area contributed by atoms with Crippen LogP contribution in [0.15, 0.2) is 0 Å². The highest BCUT2D eigenvalue weighted by Gasteiger charge is 2.27. The van der Waals surface area contributed by atoms with Gasteiger partial charge in [-0.05, 0) is 26.2 Å². The SMILES string of the molecule is CCc1nc(C2CC2)c(C)s1. The zero-order chi connectivity index (χ0) is 7.84. The van der Waals surface area contributed by atoms with Gasteiger partial charge in [-0.25, -0.2) is 4.98 Å². The Labute approximate surface area is 71.5 Å². The number of rotatable bonds is 2. The van der Waals surface area contributed by atoms with Crippen molar-refractivity contribution in [2.45, 2.75) is 39.0 Å². The fourth-order valence-electron chi connectivity index (χ4n) is 1.35. The summed E-state index contributed by atoms with van der Waals surface area (Å²) in [6.45, 7) is 4.37. The molecular weight excluding hydrogens is 154 g/mol. The van der Waals surface area contributed by atoms with Crippen LogP contribution in [0.1, 0.15) is 41.3 Å². The molecule has 2 rings (SSSR count). The number of hydrogen-bond donors (Lipinski definition) is 0. The van der Waals surface area contributed by atoms with Gasteiger partial charge in [0.25, 0.3) is 0 Å². The lowest BCUT2D eigenvalue weighted by Gasteiger charge is -1.89. The number of nitrogens with zero attached hydrogens (tertiary/aromatic N) is 1. The highest BCUT2D eigenvalue weighted by atomic mass is 32.1. The molecule has 1 heterocycles. The van der Waals surface area contributed by atoms with Crippen molar-refractivity contribution in [1.82, 2.24) is 4.98 Å². The quantitative estimate of drug-likeness (QED) is 0.660. The second kappa shape index (κ2) is 2.59. The lowest BCUT2D eigenvalue weighted by molar-refractivity contribution is 0.983. The smallest absolute Gasteiger partial charge is 0.0928 e. The molecule has 1 aromatic heterocycles. The molecule has 0 spiro atoms. The van der Waals surface area contributed by atoms with Gasteiger partial charge in [-0.1, -0.05) is 6.92 Å². The molecule has 0 radical (unpaired) electrons. The molecule has 0 aromatic carbocycles. The second-order valence-electron chi connectivity index (χ2n) is 3.18. The van der Waals surface area contributed by atoms with Crippen LogP contribution in [0.3, 0.4) is 0 Å². The zero-order valence-electron chi connectivity index (χ0n) is 7.05. The fourth-order valence-corrected chi connectivity index (χ4v) is 2.31. The first-order valence-electron chi connectivity index (χ1n) is 4.27. The molecule has 2 heteroatoms. The van der Waals surface area contributed by atoms with Crippen molar-refractivity contribution in [3.63, 3.8) is 0 Å². The first-order valence-corrected chi connectivity index (χ1v) is 5.09. The third-order valence-electron chi connectivity index (χ3n) is 2.14. The lowest BCUT2D eigenvalue weighted by Crippen LogP contribution is -1.83. The molecule has 0 aliphatic heterocycles. The van der Waals surface area contributed by atoms with Gasteiger partial charge in [0.2, 0.25) is 0 Å². The predicted molar refractivity (Wildman–Crippen MR) is 48.2 cm³/mol. The van der Waals surface area contributed by atoms with E-state index in [2.05, 4.69) is 18.8 Å². The molecule has 1 fully saturated rings. The van der Waals surface area contributed by atoms with Gasteiger partial charge in [-0.3, -0.25) is 0 Å². The first kappa shape index (κ1) is 7.29. The van der Waals surface area contributed by atoms with Crippen molar-refractivity contribution in [3.05, 3.63) is 15.6 Å². The summed E-state index contributed by atoms with van der Waals surface area (Å²) in [6, 6.07) is 0. The second-order valence-corrected chi connectivity index (χ2v) is 4.46. The molecule has 1 nitrogen and oxygen atoms in total. The third kappa shape index (κ3) is 1.32. The van der Waals surface area contributed by atoms with Crippen LogP contribution in [0.4, 0.5) is 0 Å². The predicted octanol–water partition coefficient (Wildman–Crippen LogP) is 2.89. The van der Waals surface area contributed by atoms with Crippen molar-refractivity contribution >= 4 is 11.3 Å². The Kier molecular flexibility index (Phi) is 1.72. The maximum atomic E-state index is 4.61. The van der Waals surface area contributed by atoms with Gasteiger partial charge >= 0.3 is 0 Å². The first-order chi connectivity index (χ1) is 5.31. The third-order valence-corrected chi connectivity index (χ3v) is 3.27. The van der Waals surface area contributed by atoms with Crippen LogP contribution >= 0.6 is 11.3 Å². The van der Waals surface area contributed by atoms with Gasteiger partial charge in [0.05, 0.1) is 10.7 Å². The number of aryl methyl sites for hydroxylation is 2. The number of hydrogen-bond acceptors (Lipinski definition) is 2. The minimum absolute atomic E-state index is 0.826. The minimum atomic E-state index is 0.826. The minimum Gasteiger partial charge on any atom is -0.246 e. The summed E-state index contributed by atoms with van der Waals surface area (Å²) >= 11 is 1.87. The summed E-state index contributed by atoms with van der Waals surface area (Å²) in [5.41, 5.74) is 1.40. The van der Waals surface area contributed by atoms with E-state index in [1.807, 2.05) is 11.3 Å². The van der Waals surface area contributed by atoms with E-state index in [4.69, 9.17) is 0 Å². The highest BCUT2D eigenvalue weighted by Crippen LogP contribution is 2.42. The maximum absolute atomic E-state index is 4.61. The molecule has 0 atom stereocenters. The Hall–Kier alpha value is -0.370. The van der Waals surface area contributed by atoms with Crippen molar-refractivity contribution in [2.75, 3.05) is 0 Å². The Morgan fingerprint density at radius 3 is 2.73 bits per heavy atom. The van der Waals surface area contributed by atoms with E-state index >= 15 is 0 Å². The molecule has 0 N–H and O–H groups in total. The summed E-state index contributed by atoms with van der Waals surface area (Å²) in [5.74, 6) is 0.826. The highest BCUT2D eigenvalue weighted by molar-refractivity contribution is 7.11. The van der Waals surface area contributed by atoms with E-state index in [1.54, 1.807) is 0 Å². The van der Waals surface area contributed by atoms with E-state index in [0.29, 0.717) is 0 Å². The van der Waals surface area contributed by atoms with E-state index in [0.717, 1.165) is 12.3 Å². The van der Waals surface area contributed by atoms with E-state index in [-0.39, 0.29) is 0 Å². The lowest BCUT2D eigenvalue weighted by atomic mass is 10.3. The largest absolute Gasteiger partial charge is 0.246 e. The summed E-state index contributed by atoms with van der Waals surface area (Å²) in [5, 5.41) is 1.31. The Bertz CT molecular complexity index is 261. The molecule has 0 saturated heterocycles. The van der Waals surface area contributed by atoms with Crippen molar-refractivity contribution in [2.24, 2.45) is 0 Å². The summed E-state index contributed by atoms with van der Waals surface area (Å²) < 4.78 is 0. The van der Waals surface area contributed by atoms with Gasteiger partial charge in [0.15, 0.2) is 0 Å². The number of thiazole rings is 1. The van der Waals surface area contributed by atoms with Gasteiger partial charge in [0, 0.05) is 10.8 Å². The number of aromatic nitrogens is 1. The summed E-state index contributed by atoms with van der Waals surface area (Å²) in [6.07, 6.45) is 3.83. The molecule has 1 aliphatic carbocycles. The van der Waals surface area contributed by atoms with Crippen LogP contribution in [0.2, 0.25) is 0 Å². The molecule has 0 amide bonds. The average molecular weight is 167 g/mol. The molecule has 0 unspecified atom stereocenters. The van der Waals surface area contributed by atoms with Gasteiger partial charge in [-0.15, -0.1) is 11.3 Å². The molecule has 11 heavy (non-hydrogen) atoms. The normalized spacial score (nSPS) is 17.3. The van der Waals surface area contributed by atoms with Crippen LogP contribution in [-0.4, -0.2) is 4.98 Å². The molecule has 1 aliphatic rings. The van der Waals surface area contributed by atoms with Crippen molar-refractivity contribution in [3.8, 4) is 0 Å². The molecule has 1 saturated carbocycles. The monoisotopic (exact) mass is 167 g/mol. The van der Waals surface area contributed by atoms with Crippen molar-refractivity contribution < 1.29 is 0 Å². The molecule has 60 valence electrons. The van der Waals surface area contributed by atoms with Crippen LogP contribution in [0.5, 0.6) is 0 Å². The zero-order valence-corrected chi connectivity index (χ0v) is 7.87. The van der Waals surface area contributed by atoms with Crippen LogP contribution < -0.4 is 0 Å². The summed E-state index contributed by atoms with van der Waals surface area (Å²) in [7, 11) is 0. The molecule has 1 aromatic rings. The van der Waals surface area contributed by atoms with E-state index in [9.17, 15) is 0 Å². The molecule has 0 bridgehead atoms. The van der Waals surface area contributed by atoms with Crippen LogP contribution in [0.25, 0.3) is 0 Å². The maximum Gasteiger partial charge on any atom is 0.0928 e. The summed E-state index contributed by atoms with van der Waals surface area (Å²) in [4.78, 5) is 6.06. The average Bonchev–Trinajstić information content (AvgIpc) is 2.76.